The molecular weight excluding hydrogens is 480 g/mol. The second kappa shape index (κ2) is 8.91. The Kier molecular flexibility index (Phi) is 6.20. The van der Waals surface area contributed by atoms with Crippen molar-refractivity contribution in [1.29, 1.82) is 0 Å². The molecule has 4 N–H and O–H groups in total. The Morgan fingerprint density at radius 1 is 1.22 bits per heavy atom. The summed E-state index contributed by atoms with van der Waals surface area (Å²) in [6, 6.07) is 10.8. The molecule has 0 spiro atoms. The molecule has 0 fully saturated rings. The number of hydrogen-bond donors (Lipinski definition) is 3. The van der Waals surface area contributed by atoms with Crippen molar-refractivity contribution in [3.05, 3.63) is 48.2 Å². The predicted molar refractivity (Wildman–Crippen MR) is 117 cm³/mol. The maximum absolute atomic E-state index is 11.4. The molecule has 0 unspecified atom stereocenters. The number of benzene rings is 2. The largest absolute Gasteiger partial charge is 0.382 e. The number of nitrogens with zero attached hydrogens (tertiary/aromatic N) is 5. The molecule has 0 bridgehead atoms. The zero-order valence-electron chi connectivity index (χ0n) is 16.1. The minimum Gasteiger partial charge on any atom is -0.382 e. The highest BCUT2D eigenvalue weighted by molar-refractivity contribution is 7.95. The normalized spacial score (nSPS) is 12.2. The molecule has 166 valence electrons. The lowest BCUT2D eigenvalue weighted by atomic mass is 10.3. The van der Waals surface area contributed by atoms with Gasteiger partial charge >= 0.3 is 0 Å². The maximum atomic E-state index is 11.4. The van der Waals surface area contributed by atoms with Crippen molar-refractivity contribution in [1.82, 2.24) is 14.8 Å². The number of nitrogen functional groups attached to an aromatic ring is 1. The van der Waals surface area contributed by atoms with Crippen molar-refractivity contribution < 1.29 is 27.6 Å². The van der Waals surface area contributed by atoms with Gasteiger partial charge in [0.2, 0.25) is 5.13 Å². The van der Waals surface area contributed by atoms with Crippen LogP contribution in [-0.4, -0.2) is 33.0 Å². The van der Waals surface area contributed by atoms with E-state index in [0.29, 0.717) is 26.9 Å². The van der Waals surface area contributed by atoms with E-state index in [-0.39, 0.29) is 16.4 Å². The number of nitrogens with two attached hydrogens (primary N) is 1. The summed E-state index contributed by atoms with van der Waals surface area (Å²) in [5, 5.41) is 25.0. The maximum Gasteiger partial charge on any atom is 0.294 e. The van der Waals surface area contributed by atoms with Crippen molar-refractivity contribution in [2.24, 2.45) is 10.2 Å². The molecule has 0 aliphatic rings. The fourth-order valence-corrected chi connectivity index (χ4v) is 4.76. The zero-order chi connectivity index (χ0) is 22.9. The van der Waals surface area contributed by atoms with Gasteiger partial charge in [-0.2, -0.15) is 13.5 Å². The molecular formula is C17H14N6O6S3. The first-order valence-corrected chi connectivity index (χ1v) is 11.7. The molecule has 12 nitrogen and oxygen atoms in total. The second-order valence-electron chi connectivity index (χ2n) is 6.23. The third kappa shape index (κ3) is 4.49. The molecule has 2 aromatic heterocycles. The van der Waals surface area contributed by atoms with Crippen LogP contribution in [0.4, 0.5) is 16.6 Å². The van der Waals surface area contributed by atoms with Crippen LogP contribution in [0.1, 0.15) is 5.69 Å². The molecule has 0 aliphatic carbocycles. The summed E-state index contributed by atoms with van der Waals surface area (Å²) in [5.74, 6) is 0.129. The lowest BCUT2D eigenvalue weighted by molar-refractivity contribution is -0.432. The number of aromatic nitrogens is 3. The van der Waals surface area contributed by atoms with Gasteiger partial charge in [-0.3, -0.25) is 4.55 Å². The van der Waals surface area contributed by atoms with Crippen LogP contribution in [0, 0.1) is 6.92 Å². The highest BCUT2D eigenvalue weighted by Gasteiger charge is 2.17. The Bertz CT molecular complexity index is 1430. The monoisotopic (exact) mass is 494 g/mol. The Morgan fingerprint density at radius 3 is 2.75 bits per heavy atom. The first kappa shape index (κ1) is 22.3. The smallest absolute Gasteiger partial charge is 0.294 e. The number of thiazole rings is 1. The molecule has 4 rings (SSSR count). The molecule has 2 aromatic carbocycles. The minimum absolute atomic E-state index is 0.129. The molecule has 4 aromatic rings. The Labute approximate surface area is 189 Å². The van der Waals surface area contributed by atoms with E-state index in [0.717, 1.165) is 16.7 Å². The SMILES string of the molecule is Cc1nn(-c2cccc(S(=O)(=O)O)c2)c(N)c1/N=N/c1nc2cccc(SOOO)c2s1. The summed E-state index contributed by atoms with van der Waals surface area (Å²) in [4.78, 5) is 4.76. The molecule has 2 heterocycles. The molecule has 0 atom stereocenters. The molecule has 0 radical (unpaired) electrons. The zero-order valence-corrected chi connectivity index (χ0v) is 18.6. The van der Waals surface area contributed by atoms with Crippen molar-refractivity contribution in [3.8, 4) is 5.69 Å². The van der Waals surface area contributed by atoms with E-state index >= 15 is 0 Å². The van der Waals surface area contributed by atoms with Crippen molar-refractivity contribution in [2.45, 2.75) is 16.7 Å². The topological polar surface area (TPSA) is 175 Å². The minimum atomic E-state index is -4.38. The summed E-state index contributed by atoms with van der Waals surface area (Å²) in [5.41, 5.74) is 7.89. The molecule has 0 saturated carbocycles. The summed E-state index contributed by atoms with van der Waals surface area (Å²) in [6.07, 6.45) is 0. The van der Waals surface area contributed by atoms with E-state index in [9.17, 15) is 13.0 Å². The van der Waals surface area contributed by atoms with Crippen LogP contribution in [0.25, 0.3) is 15.9 Å². The Hall–Kier alpha value is -2.92. The fraction of sp³-hybridized carbons (Fsp3) is 0.0588. The third-order valence-corrected chi connectivity index (χ3v) is 6.80. The van der Waals surface area contributed by atoms with Crippen LogP contribution in [0.5, 0.6) is 0 Å². The summed E-state index contributed by atoms with van der Waals surface area (Å²) in [6.45, 7) is 1.67. The first-order chi connectivity index (χ1) is 15.3. The van der Waals surface area contributed by atoms with Gasteiger partial charge in [-0.25, -0.2) is 14.9 Å². The number of anilines is 1. The quantitative estimate of drug-likeness (QED) is 0.109. The molecule has 0 amide bonds. The van der Waals surface area contributed by atoms with E-state index in [4.69, 9.17) is 11.0 Å². The van der Waals surface area contributed by atoms with Crippen molar-refractivity contribution in [2.75, 3.05) is 5.73 Å². The fourth-order valence-electron chi connectivity index (χ4n) is 2.80. The standard InChI is InChI=1S/C17H14N6O6S3/c1-9-14(16(18)23(22-9)10-4-2-5-11(8-10)32(25,26)27)20-21-17-19-12-6-3-7-13(15(12)30-17)31-29-28-24/h2-8,24H,18H2,1H3,(H,25,26,27)/b21-20+. The van der Waals surface area contributed by atoms with Crippen LogP contribution in [-0.2, 0) is 19.5 Å². The van der Waals surface area contributed by atoms with Crippen LogP contribution in [0.2, 0.25) is 0 Å². The second-order valence-corrected chi connectivity index (χ2v) is 9.37. The van der Waals surface area contributed by atoms with Crippen molar-refractivity contribution in [3.63, 3.8) is 0 Å². The Balaban J connectivity index is 1.67. The van der Waals surface area contributed by atoms with Gasteiger partial charge in [0.1, 0.15) is 0 Å². The molecule has 0 saturated heterocycles. The summed E-state index contributed by atoms with van der Waals surface area (Å²) < 4.78 is 38.6. The van der Waals surface area contributed by atoms with Crippen LogP contribution in [0.15, 0.2) is 62.5 Å². The summed E-state index contributed by atoms with van der Waals surface area (Å²) in [7, 11) is -4.38. The van der Waals surface area contributed by atoms with E-state index < -0.39 is 10.1 Å². The van der Waals surface area contributed by atoms with Gasteiger partial charge in [0.05, 0.1) is 43.4 Å². The summed E-state index contributed by atoms with van der Waals surface area (Å²) >= 11 is 2.06. The lowest BCUT2D eigenvalue weighted by Gasteiger charge is -2.05. The van der Waals surface area contributed by atoms with Gasteiger partial charge in [0, 0.05) is 0 Å². The molecule has 15 heteroatoms. The number of fused-ring (bicyclic) bond motifs is 1. The van der Waals surface area contributed by atoms with Gasteiger partial charge in [0.25, 0.3) is 10.1 Å². The number of rotatable bonds is 7. The lowest BCUT2D eigenvalue weighted by Crippen LogP contribution is -2.04. The van der Waals surface area contributed by atoms with Crippen molar-refractivity contribution >= 4 is 60.4 Å². The Morgan fingerprint density at radius 2 is 2.00 bits per heavy atom. The highest BCUT2D eigenvalue weighted by Crippen LogP contribution is 2.37. The van der Waals surface area contributed by atoms with E-state index in [1.165, 1.54) is 34.2 Å². The van der Waals surface area contributed by atoms with Gasteiger partial charge in [-0.05, 0) is 37.3 Å². The van der Waals surface area contributed by atoms with Gasteiger partial charge < -0.3 is 5.73 Å². The van der Waals surface area contributed by atoms with E-state index in [1.807, 2.05) is 0 Å². The van der Waals surface area contributed by atoms with Gasteiger partial charge in [-0.15, -0.1) is 14.6 Å². The number of azo groups is 1. The van der Waals surface area contributed by atoms with Crippen LogP contribution >= 0.6 is 23.4 Å². The van der Waals surface area contributed by atoms with Gasteiger partial charge in [-0.1, -0.05) is 28.5 Å². The third-order valence-electron chi connectivity index (χ3n) is 4.18. The average Bonchev–Trinajstić information content (AvgIpc) is 3.30. The predicted octanol–water partition coefficient (Wildman–Crippen LogP) is 4.46. The van der Waals surface area contributed by atoms with Crippen LogP contribution < -0.4 is 5.73 Å². The molecule has 32 heavy (non-hydrogen) atoms. The van der Waals surface area contributed by atoms with E-state index in [2.05, 4.69) is 29.7 Å². The molecule has 0 aliphatic heterocycles. The van der Waals surface area contributed by atoms with Gasteiger partial charge in [0.15, 0.2) is 11.5 Å². The highest BCUT2D eigenvalue weighted by atomic mass is 32.2. The average molecular weight is 495 g/mol. The first-order valence-electron chi connectivity index (χ1n) is 8.67. The number of hydrogen-bond acceptors (Lipinski definition) is 12. The number of aryl methyl sites for hydroxylation is 1. The van der Waals surface area contributed by atoms with E-state index in [1.54, 1.807) is 31.2 Å². The van der Waals surface area contributed by atoms with Crippen LogP contribution in [0.3, 0.4) is 0 Å².